The maximum absolute atomic E-state index is 13.0. The third-order valence-corrected chi connectivity index (χ3v) is 5.69. The van der Waals surface area contributed by atoms with Gasteiger partial charge in [-0.1, -0.05) is 50.2 Å². The number of thiophene rings is 1. The van der Waals surface area contributed by atoms with E-state index in [4.69, 9.17) is 4.74 Å². The van der Waals surface area contributed by atoms with Gasteiger partial charge in [-0.2, -0.15) is 0 Å². The van der Waals surface area contributed by atoms with Gasteiger partial charge in [-0.25, -0.2) is 0 Å². The van der Waals surface area contributed by atoms with E-state index in [1.165, 1.54) is 11.3 Å². The van der Waals surface area contributed by atoms with Crippen LogP contribution in [0.4, 0.5) is 0 Å². The van der Waals surface area contributed by atoms with Crippen molar-refractivity contribution in [3.05, 3.63) is 58.3 Å². The van der Waals surface area contributed by atoms with Gasteiger partial charge in [0.05, 0.1) is 11.0 Å². The van der Waals surface area contributed by atoms with Gasteiger partial charge in [0.1, 0.15) is 6.04 Å². The Labute approximate surface area is 164 Å². The van der Waals surface area contributed by atoms with Crippen LogP contribution in [0.1, 0.15) is 48.0 Å². The molecular weight excluding hydrogens is 360 g/mol. The normalized spacial score (nSPS) is 20.9. The fraction of sp³-hybridized carbons (Fsp3) is 0.429. The van der Waals surface area contributed by atoms with Crippen LogP contribution in [0.3, 0.4) is 0 Å². The number of nitrogens with one attached hydrogen (secondary N) is 2. The number of carbonyl (C=O) groups excluding carboxylic acids is 2. The predicted octanol–water partition coefficient (Wildman–Crippen LogP) is 3.54. The first kappa shape index (κ1) is 19.6. The fourth-order valence-electron chi connectivity index (χ4n) is 3.26. The Morgan fingerprint density at radius 3 is 2.59 bits per heavy atom. The van der Waals surface area contributed by atoms with Crippen molar-refractivity contribution in [3.8, 4) is 0 Å². The molecule has 2 heterocycles. The topological polar surface area (TPSA) is 67.4 Å². The molecule has 1 aromatic carbocycles. The largest absolute Gasteiger partial charge is 0.378 e. The summed E-state index contributed by atoms with van der Waals surface area (Å²) in [7, 11) is 0. The van der Waals surface area contributed by atoms with Crippen LogP contribution in [0.25, 0.3) is 0 Å². The molecule has 2 N–H and O–H groups in total. The van der Waals surface area contributed by atoms with Gasteiger partial charge in [-0.15, -0.1) is 11.3 Å². The lowest BCUT2D eigenvalue weighted by atomic mass is 9.95. The van der Waals surface area contributed by atoms with Gasteiger partial charge >= 0.3 is 0 Å². The molecule has 1 aliphatic heterocycles. The third-order valence-electron chi connectivity index (χ3n) is 4.82. The molecule has 0 radical (unpaired) electrons. The second-order valence-corrected chi connectivity index (χ2v) is 8.13. The van der Waals surface area contributed by atoms with Crippen molar-refractivity contribution in [1.29, 1.82) is 0 Å². The Hall–Kier alpha value is -2.18. The molecule has 3 atom stereocenters. The minimum atomic E-state index is -0.721. The van der Waals surface area contributed by atoms with Crippen LogP contribution in [0, 0.1) is 5.92 Å². The molecule has 1 fully saturated rings. The molecule has 3 rings (SSSR count). The molecule has 1 aromatic heterocycles. The summed E-state index contributed by atoms with van der Waals surface area (Å²) in [6.07, 6.45) is 1.74. The number of rotatable bonds is 6. The summed E-state index contributed by atoms with van der Waals surface area (Å²) in [5, 5.41) is 7.86. The third kappa shape index (κ3) is 5.17. The van der Waals surface area contributed by atoms with E-state index in [9.17, 15) is 9.59 Å². The zero-order chi connectivity index (χ0) is 19.2. The van der Waals surface area contributed by atoms with E-state index in [1.807, 2.05) is 41.8 Å². The van der Waals surface area contributed by atoms with E-state index in [0.717, 1.165) is 18.4 Å². The minimum absolute atomic E-state index is 0.0588. The molecular formula is C21H26N2O3S. The molecule has 0 bridgehead atoms. The molecule has 0 spiro atoms. The summed E-state index contributed by atoms with van der Waals surface area (Å²) >= 11 is 1.36. The number of hydrogen-bond donors (Lipinski definition) is 2. The summed E-state index contributed by atoms with van der Waals surface area (Å²) in [4.78, 5) is 26.1. The quantitative estimate of drug-likeness (QED) is 0.798. The van der Waals surface area contributed by atoms with Crippen LogP contribution in [0.2, 0.25) is 0 Å². The second kappa shape index (κ2) is 9.15. The molecule has 144 valence electrons. The first-order valence-corrected chi connectivity index (χ1v) is 10.2. The summed E-state index contributed by atoms with van der Waals surface area (Å²) in [6.45, 7) is 4.90. The highest BCUT2D eigenvalue weighted by Crippen LogP contribution is 2.22. The number of benzene rings is 1. The van der Waals surface area contributed by atoms with Gasteiger partial charge in [-0.05, 0) is 35.8 Å². The summed E-state index contributed by atoms with van der Waals surface area (Å²) in [5.74, 6) is -0.00490. The fourth-order valence-corrected chi connectivity index (χ4v) is 3.89. The average Bonchev–Trinajstić information content (AvgIpc) is 3.21. The van der Waals surface area contributed by atoms with E-state index in [1.54, 1.807) is 6.07 Å². The summed E-state index contributed by atoms with van der Waals surface area (Å²) < 4.78 is 5.79. The number of hydrogen-bond acceptors (Lipinski definition) is 4. The lowest BCUT2D eigenvalue weighted by Gasteiger charge is -2.33. The molecule has 2 amide bonds. The maximum atomic E-state index is 13.0. The molecule has 2 aromatic rings. The predicted molar refractivity (Wildman–Crippen MR) is 107 cm³/mol. The molecule has 6 heteroatoms. The molecule has 0 saturated carbocycles. The van der Waals surface area contributed by atoms with Gasteiger partial charge in [-0.3, -0.25) is 9.59 Å². The minimum Gasteiger partial charge on any atom is -0.378 e. The van der Waals surface area contributed by atoms with Crippen molar-refractivity contribution in [1.82, 2.24) is 10.6 Å². The molecule has 1 saturated heterocycles. The molecule has 27 heavy (non-hydrogen) atoms. The highest BCUT2D eigenvalue weighted by atomic mass is 32.1. The van der Waals surface area contributed by atoms with E-state index < -0.39 is 6.04 Å². The highest BCUT2D eigenvalue weighted by molar-refractivity contribution is 7.12. The first-order chi connectivity index (χ1) is 13.0. The van der Waals surface area contributed by atoms with Gasteiger partial charge < -0.3 is 15.4 Å². The SMILES string of the molecule is CC(C)[C@@H]1C[C@H](NC(=O)[C@H](NC(=O)c2cccs2)c2ccccc2)CCO1. The Kier molecular flexibility index (Phi) is 6.63. The van der Waals surface area contributed by atoms with Crippen LogP contribution >= 0.6 is 11.3 Å². The average molecular weight is 387 g/mol. The Morgan fingerprint density at radius 2 is 1.93 bits per heavy atom. The van der Waals surface area contributed by atoms with Gasteiger partial charge in [0.25, 0.3) is 5.91 Å². The molecule has 0 unspecified atom stereocenters. The Balaban J connectivity index is 1.72. The van der Waals surface area contributed by atoms with E-state index in [-0.39, 0.29) is 24.0 Å². The zero-order valence-corrected chi connectivity index (χ0v) is 16.5. The van der Waals surface area contributed by atoms with Gasteiger partial charge in [0, 0.05) is 12.6 Å². The van der Waals surface area contributed by atoms with E-state index in [0.29, 0.717) is 17.4 Å². The molecule has 0 aliphatic carbocycles. The Bertz CT molecular complexity index is 746. The lowest BCUT2D eigenvalue weighted by molar-refractivity contribution is -0.125. The van der Waals surface area contributed by atoms with E-state index in [2.05, 4.69) is 24.5 Å². The highest BCUT2D eigenvalue weighted by Gasteiger charge is 2.29. The number of carbonyl (C=O) groups is 2. The van der Waals surface area contributed by atoms with Crippen LogP contribution in [-0.2, 0) is 9.53 Å². The van der Waals surface area contributed by atoms with Crippen molar-refractivity contribution in [3.63, 3.8) is 0 Å². The zero-order valence-electron chi connectivity index (χ0n) is 15.7. The van der Waals surface area contributed by atoms with Crippen LogP contribution in [0.15, 0.2) is 47.8 Å². The first-order valence-electron chi connectivity index (χ1n) is 9.36. The molecule has 5 nitrogen and oxygen atoms in total. The van der Waals surface area contributed by atoms with Crippen molar-refractivity contribution in [2.75, 3.05) is 6.61 Å². The Morgan fingerprint density at radius 1 is 1.15 bits per heavy atom. The lowest BCUT2D eigenvalue weighted by Crippen LogP contribution is -2.48. The van der Waals surface area contributed by atoms with Crippen molar-refractivity contribution >= 4 is 23.2 Å². The van der Waals surface area contributed by atoms with Crippen LogP contribution in [-0.4, -0.2) is 30.6 Å². The standard InChI is InChI=1S/C21H26N2O3S/c1-14(2)17-13-16(10-11-26-17)22-21(25)19(15-7-4-3-5-8-15)23-20(24)18-9-6-12-27-18/h3-9,12,14,16-17,19H,10-11,13H2,1-2H3,(H,22,25)(H,23,24)/t16-,17+,19-/m1/s1. The van der Waals surface area contributed by atoms with Crippen molar-refractivity contribution in [2.45, 2.75) is 44.9 Å². The summed E-state index contributed by atoms with van der Waals surface area (Å²) in [5.41, 5.74) is 0.771. The van der Waals surface area contributed by atoms with Gasteiger partial charge in [0.15, 0.2) is 0 Å². The van der Waals surface area contributed by atoms with E-state index >= 15 is 0 Å². The van der Waals surface area contributed by atoms with Crippen LogP contribution in [0.5, 0.6) is 0 Å². The summed E-state index contributed by atoms with van der Waals surface area (Å²) in [6, 6.07) is 12.3. The van der Waals surface area contributed by atoms with Gasteiger partial charge in [0.2, 0.25) is 5.91 Å². The maximum Gasteiger partial charge on any atom is 0.262 e. The second-order valence-electron chi connectivity index (χ2n) is 7.18. The number of ether oxygens (including phenoxy) is 1. The number of amides is 2. The van der Waals surface area contributed by atoms with Crippen LogP contribution < -0.4 is 10.6 Å². The van der Waals surface area contributed by atoms with Crippen molar-refractivity contribution < 1.29 is 14.3 Å². The smallest absolute Gasteiger partial charge is 0.262 e. The monoisotopic (exact) mass is 386 g/mol. The van der Waals surface area contributed by atoms with Crippen molar-refractivity contribution in [2.24, 2.45) is 5.92 Å². The molecule has 1 aliphatic rings.